The van der Waals surface area contributed by atoms with Gasteiger partial charge in [-0.05, 0) is 117 Å². The van der Waals surface area contributed by atoms with Crippen molar-refractivity contribution in [1.82, 2.24) is 34.5 Å². The van der Waals surface area contributed by atoms with Crippen LogP contribution in [0.15, 0.2) is 214 Å². The van der Waals surface area contributed by atoms with Gasteiger partial charge in [-0.15, -0.1) is 0 Å². The van der Waals surface area contributed by atoms with Crippen LogP contribution in [0.4, 0.5) is 0 Å². The van der Waals surface area contributed by atoms with Crippen molar-refractivity contribution in [3.63, 3.8) is 0 Å². The van der Waals surface area contributed by atoms with E-state index >= 15 is 0 Å². The number of aromatic nitrogens is 7. The monoisotopic (exact) mass is 781 g/mol. The molecule has 0 aliphatic rings. The molecule has 5 aromatic heterocycles. The van der Waals surface area contributed by atoms with Gasteiger partial charge in [0, 0.05) is 99.4 Å². The number of hydrogen-bond donors (Lipinski definition) is 0. The zero-order valence-corrected chi connectivity index (χ0v) is 32.8. The lowest BCUT2D eigenvalue weighted by Crippen LogP contribution is -1.93. The Hall–Kier alpha value is -8.42. The molecule has 11 rings (SSSR count). The van der Waals surface area contributed by atoms with Crippen LogP contribution in [-0.2, 0) is 0 Å². The standard InChI is InChI=1S/C54H35N7/c1-2-12-50(13-3-1)61-53-15-5-4-14-51(53)52-25-40(16-17-54(52)61)43-21-41(36-8-6-10-38(18-36)44-23-46(28-55-26-44)48-30-57-34-58-31-48)20-42(22-43)37-9-7-11-39(19-37)45-24-47(29-56-27-45)49-32-59-35-60-33-49/h1-35H. The van der Waals surface area contributed by atoms with Crippen molar-refractivity contribution >= 4 is 21.8 Å². The summed E-state index contributed by atoms with van der Waals surface area (Å²) in [4.78, 5) is 26.1. The fraction of sp³-hybridized carbons (Fsp3) is 0. The van der Waals surface area contributed by atoms with Crippen LogP contribution in [0.3, 0.4) is 0 Å². The first-order valence-corrected chi connectivity index (χ1v) is 20.1. The lowest BCUT2D eigenvalue weighted by atomic mass is 9.91. The molecule has 0 fully saturated rings. The average Bonchev–Trinajstić information content (AvgIpc) is 3.68. The Morgan fingerprint density at radius 1 is 0.246 bits per heavy atom. The Morgan fingerprint density at radius 2 is 0.639 bits per heavy atom. The van der Waals surface area contributed by atoms with Crippen molar-refractivity contribution < 1.29 is 0 Å². The van der Waals surface area contributed by atoms with Gasteiger partial charge < -0.3 is 4.57 Å². The number of hydrogen-bond acceptors (Lipinski definition) is 6. The molecule has 5 heterocycles. The van der Waals surface area contributed by atoms with E-state index in [9.17, 15) is 0 Å². The van der Waals surface area contributed by atoms with Crippen LogP contribution in [-0.4, -0.2) is 34.5 Å². The molecule has 0 atom stereocenters. The molecular formula is C54H35N7. The minimum atomic E-state index is 0.924. The van der Waals surface area contributed by atoms with Gasteiger partial charge in [0.1, 0.15) is 12.7 Å². The number of rotatable bonds is 8. The highest BCUT2D eigenvalue weighted by Gasteiger charge is 2.15. The average molecular weight is 782 g/mol. The number of pyridine rings is 2. The first-order valence-electron chi connectivity index (χ1n) is 20.1. The molecule has 11 aromatic rings. The molecule has 7 nitrogen and oxygen atoms in total. The quantitative estimate of drug-likeness (QED) is 0.153. The molecule has 61 heavy (non-hydrogen) atoms. The molecule has 0 saturated carbocycles. The molecule has 0 N–H and O–H groups in total. The summed E-state index contributed by atoms with van der Waals surface area (Å²) in [6, 6.07) is 54.8. The third kappa shape index (κ3) is 6.90. The summed E-state index contributed by atoms with van der Waals surface area (Å²) < 4.78 is 2.36. The van der Waals surface area contributed by atoms with Gasteiger partial charge in [-0.3, -0.25) is 9.97 Å². The van der Waals surface area contributed by atoms with Crippen LogP contribution in [0.2, 0.25) is 0 Å². The van der Waals surface area contributed by atoms with E-state index in [1.807, 2.05) is 49.6 Å². The van der Waals surface area contributed by atoms with E-state index in [-0.39, 0.29) is 0 Å². The molecule has 0 aliphatic heterocycles. The summed E-state index contributed by atoms with van der Waals surface area (Å²) in [6.45, 7) is 0. The minimum absolute atomic E-state index is 0.924. The van der Waals surface area contributed by atoms with Crippen LogP contribution in [0.5, 0.6) is 0 Å². The normalized spacial score (nSPS) is 11.3. The van der Waals surface area contributed by atoms with E-state index in [1.165, 1.54) is 21.8 Å². The summed E-state index contributed by atoms with van der Waals surface area (Å²) in [5, 5.41) is 2.43. The predicted molar refractivity (Wildman–Crippen MR) is 246 cm³/mol. The maximum atomic E-state index is 4.60. The van der Waals surface area contributed by atoms with Gasteiger partial charge in [0.2, 0.25) is 0 Å². The van der Waals surface area contributed by atoms with Gasteiger partial charge in [-0.25, -0.2) is 19.9 Å². The minimum Gasteiger partial charge on any atom is -0.309 e. The van der Waals surface area contributed by atoms with Crippen LogP contribution < -0.4 is 0 Å². The number of para-hydroxylation sites is 2. The molecule has 0 radical (unpaired) electrons. The molecule has 0 saturated heterocycles. The largest absolute Gasteiger partial charge is 0.309 e. The first kappa shape index (κ1) is 35.7. The Bertz CT molecular complexity index is 3220. The molecule has 286 valence electrons. The van der Waals surface area contributed by atoms with E-state index in [2.05, 4.69) is 186 Å². The summed E-state index contributed by atoms with van der Waals surface area (Å²) in [7, 11) is 0. The van der Waals surface area contributed by atoms with E-state index in [0.717, 1.165) is 83.6 Å². The second-order valence-corrected chi connectivity index (χ2v) is 15.1. The molecule has 0 unspecified atom stereocenters. The fourth-order valence-corrected chi connectivity index (χ4v) is 8.30. The molecule has 0 spiro atoms. The van der Waals surface area contributed by atoms with E-state index in [1.54, 1.807) is 12.7 Å². The Morgan fingerprint density at radius 3 is 1.18 bits per heavy atom. The Kier molecular flexibility index (Phi) is 9.02. The SMILES string of the molecule is c1ccc(-n2c3ccccc3c3cc(-c4cc(-c5cccc(-c6cncc(-c7cncnc7)c6)c5)cc(-c5cccc(-c6cncc(-c7cncnc7)c6)c5)c4)ccc32)cc1. The summed E-state index contributed by atoms with van der Waals surface area (Å²) in [5.41, 5.74) is 18.2. The van der Waals surface area contributed by atoms with Gasteiger partial charge in [0.25, 0.3) is 0 Å². The first-order chi connectivity index (χ1) is 30.2. The highest BCUT2D eigenvalue weighted by molar-refractivity contribution is 6.10. The summed E-state index contributed by atoms with van der Waals surface area (Å²) >= 11 is 0. The number of benzene rings is 6. The molecule has 7 heteroatoms. The maximum absolute atomic E-state index is 4.60. The summed E-state index contributed by atoms with van der Waals surface area (Å²) in [5.74, 6) is 0. The maximum Gasteiger partial charge on any atom is 0.115 e. The fourth-order valence-electron chi connectivity index (χ4n) is 8.30. The highest BCUT2D eigenvalue weighted by Crippen LogP contribution is 2.39. The van der Waals surface area contributed by atoms with Crippen molar-refractivity contribution in [2.45, 2.75) is 0 Å². The van der Waals surface area contributed by atoms with Crippen molar-refractivity contribution in [2.75, 3.05) is 0 Å². The lowest BCUT2D eigenvalue weighted by molar-refractivity contribution is 1.17. The van der Waals surface area contributed by atoms with Crippen LogP contribution in [0, 0.1) is 0 Å². The van der Waals surface area contributed by atoms with Crippen LogP contribution in [0.25, 0.3) is 105 Å². The topological polar surface area (TPSA) is 82.3 Å². The van der Waals surface area contributed by atoms with Crippen molar-refractivity contribution in [1.29, 1.82) is 0 Å². The number of fused-ring (bicyclic) bond motifs is 3. The lowest BCUT2D eigenvalue weighted by Gasteiger charge is -2.14. The second-order valence-electron chi connectivity index (χ2n) is 15.1. The van der Waals surface area contributed by atoms with Gasteiger partial charge in [-0.1, -0.05) is 78.9 Å². The van der Waals surface area contributed by atoms with Gasteiger partial charge in [0.05, 0.1) is 11.0 Å². The second kappa shape index (κ2) is 15.4. The molecular weight excluding hydrogens is 747 g/mol. The highest BCUT2D eigenvalue weighted by atomic mass is 15.0. The van der Waals surface area contributed by atoms with E-state index in [4.69, 9.17) is 0 Å². The third-order valence-electron chi connectivity index (χ3n) is 11.3. The molecule has 6 aromatic carbocycles. The van der Waals surface area contributed by atoms with Crippen LogP contribution in [0.1, 0.15) is 0 Å². The molecule has 0 bridgehead atoms. The number of nitrogens with zero attached hydrogens (tertiary/aromatic N) is 7. The summed E-state index contributed by atoms with van der Waals surface area (Å²) in [6.07, 6.45) is 17.9. The van der Waals surface area contributed by atoms with E-state index in [0.29, 0.717) is 0 Å². The molecule has 0 aliphatic carbocycles. The van der Waals surface area contributed by atoms with Crippen molar-refractivity contribution in [2.24, 2.45) is 0 Å². The van der Waals surface area contributed by atoms with Crippen LogP contribution >= 0.6 is 0 Å². The van der Waals surface area contributed by atoms with Crippen molar-refractivity contribution in [3.8, 4) is 83.6 Å². The van der Waals surface area contributed by atoms with Gasteiger partial charge in [-0.2, -0.15) is 0 Å². The van der Waals surface area contributed by atoms with E-state index < -0.39 is 0 Å². The smallest absolute Gasteiger partial charge is 0.115 e. The Labute approximate surface area is 352 Å². The predicted octanol–water partition coefficient (Wildman–Crippen LogP) is 12.8. The Balaban J connectivity index is 1.06. The van der Waals surface area contributed by atoms with Gasteiger partial charge in [0.15, 0.2) is 0 Å². The molecule has 0 amide bonds. The third-order valence-corrected chi connectivity index (χ3v) is 11.3. The zero-order valence-electron chi connectivity index (χ0n) is 32.8. The van der Waals surface area contributed by atoms with Gasteiger partial charge >= 0.3 is 0 Å². The van der Waals surface area contributed by atoms with Crippen molar-refractivity contribution in [3.05, 3.63) is 214 Å². The zero-order chi connectivity index (χ0) is 40.5.